The zero-order valence-electron chi connectivity index (χ0n) is 8.68. The van der Waals surface area contributed by atoms with Crippen molar-refractivity contribution in [3.8, 4) is 0 Å². The van der Waals surface area contributed by atoms with Crippen LogP contribution in [-0.4, -0.2) is 22.6 Å². The van der Waals surface area contributed by atoms with Crippen molar-refractivity contribution in [3.63, 3.8) is 0 Å². The van der Waals surface area contributed by atoms with E-state index in [1.807, 2.05) is 0 Å². The molecule has 1 aliphatic rings. The Morgan fingerprint density at radius 1 is 1.43 bits per heavy atom. The van der Waals surface area contributed by atoms with Crippen LogP contribution >= 0.6 is 15.9 Å². The van der Waals surface area contributed by atoms with Crippen LogP contribution in [0.2, 0.25) is 0 Å². The second-order valence-corrected chi connectivity index (χ2v) is 4.68. The maximum absolute atomic E-state index is 4.59. The lowest BCUT2D eigenvalue weighted by atomic mass is 9.97. The Morgan fingerprint density at radius 3 is 2.57 bits per heavy atom. The first-order valence-corrected chi connectivity index (χ1v) is 5.89. The SMILES string of the molecule is Cc1c(Br)nc(C2CCNCC2)n1C. The summed E-state index contributed by atoms with van der Waals surface area (Å²) in [6, 6.07) is 0. The second kappa shape index (κ2) is 4.03. The molecule has 0 spiro atoms. The lowest BCUT2D eigenvalue weighted by molar-refractivity contribution is 0.436. The maximum Gasteiger partial charge on any atom is 0.127 e. The van der Waals surface area contributed by atoms with Crippen LogP contribution in [0.3, 0.4) is 0 Å². The summed E-state index contributed by atoms with van der Waals surface area (Å²) in [7, 11) is 2.10. The highest BCUT2D eigenvalue weighted by molar-refractivity contribution is 9.10. The van der Waals surface area contributed by atoms with Crippen LogP contribution in [0.25, 0.3) is 0 Å². The zero-order chi connectivity index (χ0) is 10.1. The van der Waals surface area contributed by atoms with Crippen molar-refractivity contribution in [2.75, 3.05) is 13.1 Å². The Labute approximate surface area is 93.0 Å². The van der Waals surface area contributed by atoms with Gasteiger partial charge in [0.25, 0.3) is 0 Å². The molecule has 1 aromatic heterocycles. The van der Waals surface area contributed by atoms with Gasteiger partial charge in [-0.05, 0) is 48.8 Å². The quantitative estimate of drug-likeness (QED) is 0.834. The highest BCUT2D eigenvalue weighted by Gasteiger charge is 2.21. The Kier molecular flexibility index (Phi) is 2.93. The summed E-state index contributed by atoms with van der Waals surface area (Å²) in [5, 5.41) is 3.38. The standard InChI is InChI=1S/C10H16BrN3/c1-7-9(11)13-10(14(7)2)8-3-5-12-6-4-8/h8,12H,3-6H2,1-2H3. The minimum absolute atomic E-state index is 0.631. The number of halogens is 1. The van der Waals surface area contributed by atoms with Crippen molar-refractivity contribution in [2.45, 2.75) is 25.7 Å². The van der Waals surface area contributed by atoms with Crippen LogP contribution in [0.15, 0.2) is 4.60 Å². The molecule has 0 aliphatic carbocycles. The van der Waals surface area contributed by atoms with Crippen LogP contribution in [0, 0.1) is 6.92 Å². The van der Waals surface area contributed by atoms with E-state index in [4.69, 9.17) is 0 Å². The highest BCUT2D eigenvalue weighted by Crippen LogP contribution is 2.27. The molecule has 0 atom stereocenters. The number of nitrogens with one attached hydrogen (secondary N) is 1. The van der Waals surface area contributed by atoms with Gasteiger partial charge in [0.2, 0.25) is 0 Å². The fourth-order valence-electron chi connectivity index (χ4n) is 2.01. The van der Waals surface area contributed by atoms with Crippen LogP contribution in [0.4, 0.5) is 0 Å². The summed E-state index contributed by atoms with van der Waals surface area (Å²) in [6.07, 6.45) is 2.41. The Bertz CT molecular complexity index is 326. The van der Waals surface area contributed by atoms with Crippen molar-refractivity contribution >= 4 is 15.9 Å². The normalized spacial score (nSPS) is 18.8. The molecule has 3 nitrogen and oxygen atoms in total. The summed E-state index contributed by atoms with van der Waals surface area (Å²) in [5.74, 6) is 1.86. The summed E-state index contributed by atoms with van der Waals surface area (Å²) in [5.41, 5.74) is 1.22. The predicted molar refractivity (Wildman–Crippen MR) is 60.5 cm³/mol. The molecule has 2 heterocycles. The molecule has 1 aliphatic heterocycles. The molecular formula is C10H16BrN3. The second-order valence-electron chi connectivity index (χ2n) is 3.93. The number of nitrogens with zero attached hydrogens (tertiary/aromatic N) is 2. The van der Waals surface area contributed by atoms with Gasteiger partial charge in [-0.2, -0.15) is 0 Å². The molecule has 1 saturated heterocycles. The summed E-state index contributed by atoms with van der Waals surface area (Å²) in [4.78, 5) is 4.59. The lowest BCUT2D eigenvalue weighted by Crippen LogP contribution is -2.27. The number of rotatable bonds is 1. The van der Waals surface area contributed by atoms with E-state index in [0.717, 1.165) is 17.7 Å². The molecular weight excluding hydrogens is 242 g/mol. The molecule has 1 fully saturated rings. The van der Waals surface area contributed by atoms with Gasteiger partial charge in [-0.1, -0.05) is 0 Å². The lowest BCUT2D eigenvalue weighted by Gasteiger charge is -2.22. The Hall–Kier alpha value is -0.350. The van der Waals surface area contributed by atoms with Crippen molar-refractivity contribution in [3.05, 3.63) is 16.1 Å². The van der Waals surface area contributed by atoms with Gasteiger partial charge in [0.15, 0.2) is 0 Å². The average Bonchev–Trinajstić information content (AvgIpc) is 2.47. The van der Waals surface area contributed by atoms with Crippen molar-refractivity contribution in [1.29, 1.82) is 0 Å². The fourth-order valence-corrected chi connectivity index (χ4v) is 2.46. The largest absolute Gasteiger partial charge is 0.334 e. The number of piperidine rings is 1. The first-order valence-electron chi connectivity index (χ1n) is 5.09. The Balaban J connectivity index is 2.26. The molecule has 0 saturated carbocycles. The van der Waals surface area contributed by atoms with E-state index in [0.29, 0.717) is 5.92 Å². The van der Waals surface area contributed by atoms with Gasteiger partial charge in [-0.15, -0.1) is 0 Å². The van der Waals surface area contributed by atoms with Crippen molar-refractivity contribution in [2.24, 2.45) is 7.05 Å². The van der Waals surface area contributed by atoms with E-state index in [-0.39, 0.29) is 0 Å². The van der Waals surface area contributed by atoms with Gasteiger partial charge in [-0.25, -0.2) is 4.98 Å². The van der Waals surface area contributed by atoms with E-state index in [2.05, 4.69) is 44.8 Å². The minimum Gasteiger partial charge on any atom is -0.334 e. The maximum atomic E-state index is 4.59. The first-order chi connectivity index (χ1) is 6.70. The summed E-state index contributed by atoms with van der Waals surface area (Å²) < 4.78 is 3.20. The van der Waals surface area contributed by atoms with Gasteiger partial charge < -0.3 is 9.88 Å². The third-order valence-corrected chi connectivity index (χ3v) is 3.81. The summed E-state index contributed by atoms with van der Waals surface area (Å²) >= 11 is 3.49. The van der Waals surface area contributed by atoms with Gasteiger partial charge in [0.1, 0.15) is 10.4 Å². The number of hydrogen-bond donors (Lipinski definition) is 1. The molecule has 0 amide bonds. The number of aromatic nitrogens is 2. The fraction of sp³-hybridized carbons (Fsp3) is 0.700. The molecule has 1 aromatic rings. The van der Waals surface area contributed by atoms with E-state index in [1.54, 1.807) is 0 Å². The number of hydrogen-bond acceptors (Lipinski definition) is 2. The van der Waals surface area contributed by atoms with Crippen molar-refractivity contribution in [1.82, 2.24) is 14.9 Å². The van der Waals surface area contributed by atoms with Crippen molar-refractivity contribution < 1.29 is 0 Å². The highest BCUT2D eigenvalue weighted by atomic mass is 79.9. The smallest absolute Gasteiger partial charge is 0.127 e. The predicted octanol–water partition coefficient (Wildman–Crippen LogP) is 1.96. The molecule has 4 heteroatoms. The topological polar surface area (TPSA) is 29.9 Å². The molecule has 2 rings (SSSR count). The molecule has 14 heavy (non-hydrogen) atoms. The van der Waals surface area contributed by atoms with Crippen LogP contribution < -0.4 is 5.32 Å². The van der Waals surface area contributed by atoms with E-state index < -0.39 is 0 Å². The minimum atomic E-state index is 0.631. The van der Waals surface area contributed by atoms with Crippen LogP contribution in [0.1, 0.15) is 30.3 Å². The molecule has 0 radical (unpaired) electrons. The van der Waals surface area contributed by atoms with Crippen LogP contribution in [-0.2, 0) is 7.05 Å². The van der Waals surface area contributed by atoms with E-state index >= 15 is 0 Å². The third kappa shape index (κ3) is 1.73. The van der Waals surface area contributed by atoms with Gasteiger partial charge in [0, 0.05) is 18.7 Å². The van der Waals surface area contributed by atoms with Gasteiger partial charge in [-0.3, -0.25) is 0 Å². The first kappa shape index (κ1) is 10.2. The van der Waals surface area contributed by atoms with Crippen LogP contribution in [0.5, 0.6) is 0 Å². The summed E-state index contributed by atoms with van der Waals surface area (Å²) in [6.45, 7) is 4.34. The molecule has 78 valence electrons. The third-order valence-electron chi connectivity index (χ3n) is 3.06. The zero-order valence-corrected chi connectivity index (χ0v) is 10.3. The monoisotopic (exact) mass is 257 g/mol. The average molecular weight is 258 g/mol. The Morgan fingerprint density at radius 2 is 2.07 bits per heavy atom. The van der Waals surface area contributed by atoms with Gasteiger partial charge in [0.05, 0.1) is 0 Å². The molecule has 0 aromatic carbocycles. The molecule has 1 N–H and O–H groups in total. The molecule has 0 bridgehead atoms. The number of imidazole rings is 1. The molecule has 0 unspecified atom stereocenters. The van der Waals surface area contributed by atoms with E-state index in [9.17, 15) is 0 Å². The van der Waals surface area contributed by atoms with E-state index in [1.165, 1.54) is 24.4 Å². The van der Waals surface area contributed by atoms with Gasteiger partial charge >= 0.3 is 0 Å².